The van der Waals surface area contributed by atoms with Gasteiger partial charge in [0, 0.05) is 37.1 Å². The van der Waals surface area contributed by atoms with Crippen LogP contribution in [0.2, 0.25) is 0 Å². The Balaban J connectivity index is 1.79. The van der Waals surface area contributed by atoms with E-state index in [1.54, 1.807) is 36.7 Å². The number of hydrogen-bond donors (Lipinski definition) is 3. The van der Waals surface area contributed by atoms with Gasteiger partial charge in [-0.15, -0.1) is 0 Å². The normalized spacial score (nSPS) is 20.0. The molecule has 3 rings (SSSR count). The van der Waals surface area contributed by atoms with Crippen LogP contribution in [0.25, 0.3) is 0 Å². The molecule has 0 spiro atoms. The standard InChI is InChI=1S/C20H22N4O2/c21-19(26)18(16-5-1-6-17(25)10-16)24-14-20(7-3-9-23-13-20)11-15-4-2-8-22-12-15/h1-10,12,18,24-25H,11,13-14H2,(H2,21,26). The largest absolute Gasteiger partial charge is 0.508 e. The molecule has 0 aliphatic carbocycles. The van der Waals surface area contributed by atoms with E-state index < -0.39 is 11.9 Å². The number of hydrogen-bond acceptors (Lipinski definition) is 5. The number of primary amides is 1. The van der Waals surface area contributed by atoms with Gasteiger partial charge in [0.15, 0.2) is 0 Å². The number of pyridine rings is 1. The minimum atomic E-state index is -0.688. The maximum atomic E-state index is 12.0. The summed E-state index contributed by atoms with van der Waals surface area (Å²) in [4.78, 5) is 20.6. The van der Waals surface area contributed by atoms with Crippen LogP contribution in [0, 0.1) is 5.41 Å². The summed E-state index contributed by atoms with van der Waals surface area (Å²) < 4.78 is 0. The molecule has 0 radical (unpaired) electrons. The van der Waals surface area contributed by atoms with Crippen molar-refractivity contribution in [1.29, 1.82) is 0 Å². The third kappa shape index (κ3) is 4.34. The van der Waals surface area contributed by atoms with Crippen molar-refractivity contribution in [3.63, 3.8) is 0 Å². The first-order valence-electron chi connectivity index (χ1n) is 8.46. The van der Waals surface area contributed by atoms with Gasteiger partial charge in [-0.25, -0.2) is 0 Å². The van der Waals surface area contributed by atoms with E-state index >= 15 is 0 Å². The van der Waals surface area contributed by atoms with Crippen LogP contribution in [0.1, 0.15) is 17.2 Å². The predicted molar refractivity (Wildman–Crippen MR) is 101 cm³/mol. The molecule has 134 valence electrons. The Hall–Kier alpha value is -2.99. The van der Waals surface area contributed by atoms with Crippen molar-refractivity contribution < 1.29 is 9.90 Å². The molecule has 6 heteroatoms. The van der Waals surface area contributed by atoms with Crippen molar-refractivity contribution in [2.75, 3.05) is 13.1 Å². The summed E-state index contributed by atoms with van der Waals surface area (Å²) in [5, 5.41) is 13.0. The summed E-state index contributed by atoms with van der Waals surface area (Å²) in [6, 6.07) is 9.82. The van der Waals surface area contributed by atoms with Crippen molar-refractivity contribution in [3.8, 4) is 5.75 Å². The highest BCUT2D eigenvalue weighted by Crippen LogP contribution is 2.28. The van der Waals surface area contributed by atoms with E-state index in [0.717, 1.165) is 12.0 Å². The monoisotopic (exact) mass is 350 g/mol. The number of nitrogens with one attached hydrogen (secondary N) is 1. The maximum Gasteiger partial charge on any atom is 0.239 e. The summed E-state index contributed by atoms with van der Waals surface area (Å²) in [7, 11) is 0. The summed E-state index contributed by atoms with van der Waals surface area (Å²) >= 11 is 0. The lowest BCUT2D eigenvalue weighted by Crippen LogP contribution is -2.43. The second-order valence-electron chi connectivity index (χ2n) is 6.56. The third-order valence-corrected chi connectivity index (χ3v) is 4.47. The number of aromatic nitrogens is 1. The quantitative estimate of drug-likeness (QED) is 0.708. The number of rotatable bonds is 7. The van der Waals surface area contributed by atoms with E-state index in [1.165, 1.54) is 0 Å². The van der Waals surface area contributed by atoms with Crippen LogP contribution in [0.5, 0.6) is 5.75 Å². The number of phenols is 1. The zero-order valence-electron chi connectivity index (χ0n) is 14.4. The van der Waals surface area contributed by atoms with Crippen molar-refractivity contribution in [2.45, 2.75) is 12.5 Å². The van der Waals surface area contributed by atoms with E-state index in [-0.39, 0.29) is 11.2 Å². The zero-order valence-corrected chi connectivity index (χ0v) is 14.4. The number of carbonyl (C=O) groups excluding carboxylic acids is 1. The Labute approximate surface area is 152 Å². The van der Waals surface area contributed by atoms with Crippen LogP contribution in [0.15, 0.2) is 65.9 Å². The molecular weight excluding hydrogens is 328 g/mol. The molecule has 1 amide bonds. The minimum absolute atomic E-state index is 0.0998. The number of aromatic hydroxyl groups is 1. The Kier molecular flexibility index (Phi) is 5.43. The van der Waals surface area contributed by atoms with Crippen molar-refractivity contribution in [2.24, 2.45) is 16.1 Å². The number of carbonyl (C=O) groups is 1. The molecule has 1 aromatic heterocycles. The Morgan fingerprint density at radius 3 is 2.88 bits per heavy atom. The van der Waals surface area contributed by atoms with Crippen LogP contribution >= 0.6 is 0 Å². The van der Waals surface area contributed by atoms with Gasteiger partial charge in [-0.2, -0.15) is 0 Å². The number of allylic oxidation sites excluding steroid dienone is 1. The van der Waals surface area contributed by atoms with Gasteiger partial charge >= 0.3 is 0 Å². The van der Waals surface area contributed by atoms with Crippen molar-refractivity contribution >= 4 is 12.1 Å². The van der Waals surface area contributed by atoms with E-state index in [2.05, 4.69) is 21.4 Å². The minimum Gasteiger partial charge on any atom is -0.508 e. The van der Waals surface area contributed by atoms with Crippen molar-refractivity contribution in [3.05, 3.63) is 72.1 Å². The molecular formula is C20H22N4O2. The molecule has 0 bridgehead atoms. The van der Waals surface area contributed by atoms with Gasteiger partial charge in [0.25, 0.3) is 0 Å². The number of amides is 1. The van der Waals surface area contributed by atoms with E-state index in [9.17, 15) is 9.90 Å². The molecule has 2 aromatic rings. The highest BCUT2D eigenvalue weighted by Gasteiger charge is 2.31. The van der Waals surface area contributed by atoms with Gasteiger partial charge in [0.05, 0.1) is 0 Å². The first kappa shape index (κ1) is 17.8. The first-order chi connectivity index (χ1) is 12.6. The van der Waals surface area contributed by atoms with Gasteiger partial charge in [-0.1, -0.05) is 24.3 Å². The topological polar surface area (TPSA) is 101 Å². The molecule has 2 heterocycles. The Bertz CT molecular complexity index is 820. The fraction of sp³-hybridized carbons (Fsp3) is 0.250. The fourth-order valence-corrected chi connectivity index (χ4v) is 3.19. The summed E-state index contributed by atoms with van der Waals surface area (Å²) in [6.07, 6.45) is 10.1. The maximum absolute atomic E-state index is 12.0. The molecule has 2 atom stereocenters. The average Bonchev–Trinajstić information content (AvgIpc) is 2.63. The van der Waals surface area contributed by atoms with Gasteiger partial charge in [-0.3, -0.25) is 14.8 Å². The number of phenolic OH excluding ortho intramolecular Hbond substituents is 1. The predicted octanol–water partition coefficient (Wildman–Crippen LogP) is 1.77. The highest BCUT2D eigenvalue weighted by molar-refractivity contribution is 5.81. The number of nitrogens with zero attached hydrogens (tertiary/aromatic N) is 2. The highest BCUT2D eigenvalue weighted by atomic mass is 16.3. The molecule has 4 N–H and O–H groups in total. The molecule has 1 aliphatic heterocycles. The number of nitrogens with two attached hydrogens (primary N) is 1. The number of aliphatic imine (C=N–C) groups is 1. The van der Waals surface area contributed by atoms with E-state index in [0.29, 0.717) is 18.7 Å². The summed E-state index contributed by atoms with van der Waals surface area (Å²) in [5.74, 6) is -0.391. The number of benzene rings is 1. The van der Waals surface area contributed by atoms with Crippen LogP contribution in [0.4, 0.5) is 0 Å². The van der Waals surface area contributed by atoms with E-state index in [1.807, 2.05) is 24.4 Å². The molecule has 6 nitrogen and oxygen atoms in total. The Morgan fingerprint density at radius 2 is 2.23 bits per heavy atom. The number of dihydropyridines is 1. The second-order valence-corrected chi connectivity index (χ2v) is 6.56. The van der Waals surface area contributed by atoms with Gasteiger partial charge < -0.3 is 16.2 Å². The SMILES string of the molecule is NC(=O)C(NCC1(Cc2cccnc2)C=CC=NC1)c1cccc(O)c1. The van der Waals surface area contributed by atoms with Gasteiger partial charge in [-0.05, 0) is 41.8 Å². The first-order valence-corrected chi connectivity index (χ1v) is 8.46. The molecule has 1 aromatic carbocycles. The van der Waals surface area contributed by atoms with E-state index in [4.69, 9.17) is 5.73 Å². The lowest BCUT2D eigenvalue weighted by Gasteiger charge is -2.32. The molecule has 0 saturated carbocycles. The van der Waals surface area contributed by atoms with Crippen LogP contribution in [-0.2, 0) is 11.2 Å². The van der Waals surface area contributed by atoms with Crippen LogP contribution < -0.4 is 11.1 Å². The smallest absolute Gasteiger partial charge is 0.239 e. The average molecular weight is 350 g/mol. The van der Waals surface area contributed by atoms with Crippen molar-refractivity contribution in [1.82, 2.24) is 10.3 Å². The lowest BCUT2D eigenvalue weighted by atomic mass is 9.80. The summed E-state index contributed by atoms with van der Waals surface area (Å²) in [5.41, 5.74) is 7.05. The van der Waals surface area contributed by atoms with Crippen LogP contribution in [-0.4, -0.2) is 35.3 Å². The zero-order chi connectivity index (χ0) is 18.4. The lowest BCUT2D eigenvalue weighted by molar-refractivity contribution is -0.120. The molecule has 0 saturated heterocycles. The Morgan fingerprint density at radius 1 is 1.35 bits per heavy atom. The second kappa shape index (κ2) is 7.93. The molecule has 0 fully saturated rings. The van der Waals surface area contributed by atoms with Gasteiger partial charge in [0.2, 0.25) is 5.91 Å². The molecule has 1 aliphatic rings. The fourth-order valence-electron chi connectivity index (χ4n) is 3.19. The summed E-state index contributed by atoms with van der Waals surface area (Å²) in [6.45, 7) is 1.12. The molecule has 26 heavy (non-hydrogen) atoms. The molecule has 2 unspecified atom stereocenters. The van der Waals surface area contributed by atoms with Gasteiger partial charge in [0.1, 0.15) is 11.8 Å². The third-order valence-electron chi connectivity index (χ3n) is 4.47. The van der Waals surface area contributed by atoms with Crippen LogP contribution in [0.3, 0.4) is 0 Å².